The van der Waals surface area contributed by atoms with Crippen molar-refractivity contribution in [1.29, 1.82) is 0 Å². The van der Waals surface area contributed by atoms with Crippen LogP contribution in [0.2, 0.25) is 0 Å². The van der Waals surface area contributed by atoms with Crippen LogP contribution in [0.25, 0.3) is 5.65 Å². The molecule has 0 radical (unpaired) electrons. The summed E-state index contributed by atoms with van der Waals surface area (Å²) in [5, 5.41) is 4.78. The van der Waals surface area contributed by atoms with E-state index in [-0.39, 0.29) is 5.56 Å². The Bertz CT molecular complexity index is 1050. The minimum Gasteiger partial charge on any atom is -0.378 e. The number of halogens is 3. The molecule has 0 N–H and O–H groups in total. The van der Waals surface area contributed by atoms with Gasteiger partial charge in [0, 0.05) is 19.5 Å². The first-order chi connectivity index (χ1) is 13.8. The lowest BCUT2D eigenvalue weighted by atomic mass is 9.98. The lowest BCUT2D eigenvalue weighted by molar-refractivity contribution is -0.138. The quantitative estimate of drug-likeness (QED) is 0.659. The SMILES string of the molecule is Cc1nc2c(C)cc(N3CCOCC3)nn2c1Cc1cccc(C(F)(F)F)c1C. The summed E-state index contributed by atoms with van der Waals surface area (Å²) in [6.07, 6.45) is -4.03. The van der Waals surface area contributed by atoms with Gasteiger partial charge < -0.3 is 9.64 Å². The van der Waals surface area contributed by atoms with Crippen molar-refractivity contribution in [2.45, 2.75) is 33.4 Å². The maximum absolute atomic E-state index is 13.3. The van der Waals surface area contributed by atoms with Crippen LogP contribution in [-0.2, 0) is 17.3 Å². The molecule has 8 heteroatoms. The van der Waals surface area contributed by atoms with Crippen LogP contribution in [0.4, 0.5) is 19.0 Å². The molecule has 0 bridgehead atoms. The number of anilines is 1. The van der Waals surface area contributed by atoms with Gasteiger partial charge in [0.2, 0.25) is 0 Å². The first-order valence-corrected chi connectivity index (χ1v) is 9.60. The molecule has 2 aromatic heterocycles. The molecular formula is C21H23F3N4O. The molecule has 0 atom stereocenters. The van der Waals surface area contributed by atoms with Gasteiger partial charge in [0.25, 0.3) is 0 Å². The Kier molecular flexibility index (Phi) is 4.98. The van der Waals surface area contributed by atoms with Gasteiger partial charge in [-0.05, 0) is 49.6 Å². The second-order valence-corrected chi connectivity index (χ2v) is 7.43. The van der Waals surface area contributed by atoms with Gasteiger partial charge in [-0.15, -0.1) is 5.10 Å². The fourth-order valence-electron chi connectivity index (χ4n) is 3.82. The van der Waals surface area contributed by atoms with Crippen molar-refractivity contribution in [2.75, 3.05) is 31.2 Å². The number of hydrogen-bond donors (Lipinski definition) is 0. The molecule has 3 heterocycles. The van der Waals surface area contributed by atoms with E-state index in [9.17, 15) is 13.2 Å². The van der Waals surface area contributed by atoms with Crippen LogP contribution >= 0.6 is 0 Å². The van der Waals surface area contributed by atoms with Gasteiger partial charge in [0.15, 0.2) is 5.65 Å². The van der Waals surface area contributed by atoms with Crippen LogP contribution in [0, 0.1) is 20.8 Å². The second kappa shape index (κ2) is 7.33. The summed E-state index contributed by atoms with van der Waals surface area (Å²) in [6.45, 7) is 8.19. The molecule has 0 spiro atoms. The fourth-order valence-corrected chi connectivity index (χ4v) is 3.82. The van der Waals surface area contributed by atoms with Crippen molar-refractivity contribution in [3.63, 3.8) is 0 Å². The number of fused-ring (bicyclic) bond motifs is 1. The van der Waals surface area contributed by atoms with Crippen LogP contribution in [0.15, 0.2) is 24.3 Å². The van der Waals surface area contributed by atoms with E-state index in [1.54, 1.807) is 10.6 Å². The standard InChI is InChI=1S/C21H23F3N4O/c1-13-11-19(27-7-9-29-10-8-27)26-28-18(15(3)25-20(13)28)12-16-5-4-6-17(14(16)2)21(22,23)24/h4-6,11H,7-10,12H2,1-3H3. The first kappa shape index (κ1) is 19.7. The summed E-state index contributed by atoms with van der Waals surface area (Å²) >= 11 is 0. The zero-order chi connectivity index (χ0) is 20.8. The third-order valence-corrected chi connectivity index (χ3v) is 5.49. The molecule has 154 valence electrons. The number of morpholine rings is 1. The summed E-state index contributed by atoms with van der Waals surface area (Å²) in [4.78, 5) is 6.79. The normalized spacial score (nSPS) is 15.3. The van der Waals surface area contributed by atoms with Gasteiger partial charge in [-0.1, -0.05) is 12.1 Å². The Morgan fingerprint density at radius 2 is 1.83 bits per heavy atom. The Morgan fingerprint density at radius 3 is 2.52 bits per heavy atom. The highest BCUT2D eigenvalue weighted by atomic mass is 19.4. The molecule has 1 saturated heterocycles. The molecule has 0 amide bonds. The van der Waals surface area contributed by atoms with E-state index in [0.717, 1.165) is 47.6 Å². The fraction of sp³-hybridized carbons (Fsp3) is 0.429. The largest absolute Gasteiger partial charge is 0.416 e. The molecule has 29 heavy (non-hydrogen) atoms. The van der Waals surface area contributed by atoms with E-state index in [4.69, 9.17) is 9.84 Å². The van der Waals surface area contributed by atoms with Gasteiger partial charge in [0.1, 0.15) is 5.82 Å². The highest BCUT2D eigenvalue weighted by Crippen LogP contribution is 2.34. The Balaban J connectivity index is 1.78. The molecule has 5 nitrogen and oxygen atoms in total. The Labute approximate surface area is 167 Å². The number of imidazole rings is 1. The predicted octanol–water partition coefficient (Wildman–Crippen LogP) is 4.10. The van der Waals surface area contributed by atoms with Crippen molar-refractivity contribution >= 4 is 11.5 Å². The smallest absolute Gasteiger partial charge is 0.378 e. The lowest BCUT2D eigenvalue weighted by Gasteiger charge is -2.28. The predicted molar refractivity (Wildman–Crippen MR) is 104 cm³/mol. The van der Waals surface area contributed by atoms with E-state index < -0.39 is 11.7 Å². The maximum atomic E-state index is 13.3. The highest BCUT2D eigenvalue weighted by molar-refractivity contribution is 5.55. The molecular weight excluding hydrogens is 381 g/mol. The molecule has 0 unspecified atom stereocenters. The van der Waals surface area contributed by atoms with Crippen LogP contribution in [0.3, 0.4) is 0 Å². The van der Waals surface area contributed by atoms with Crippen LogP contribution in [-0.4, -0.2) is 40.9 Å². The number of nitrogens with zero attached hydrogens (tertiary/aromatic N) is 4. The zero-order valence-corrected chi connectivity index (χ0v) is 16.7. The van der Waals surface area contributed by atoms with E-state index in [1.807, 2.05) is 19.9 Å². The van der Waals surface area contributed by atoms with E-state index in [1.165, 1.54) is 13.0 Å². The summed E-state index contributed by atoms with van der Waals surface area (Å²) in [5.41, 5.74) is 3.57. The van der Waals surface area contributed by atoms with Gasteiger partial charge >= 0.3 is 6.18 Å². The molecule has 1 fully saturated rings. The van der Waals surface area contributed by atoms with Crippen molar-refractivity contribution < 1.29 is 17.9 Å². The second-order valence-electron chi connectivity index (χ2n) is 7.43. The number of hydrogen-bond acceptors (Lipinski definition) is 4. The minimum absolute atomic E-state index is 0.246. The molecule has 1 aliphatic rings. The first-order valence-electron chi connectivity index (χ1n) is 9.60. The molecule has 0 aliphatic carbocycles. The number of ether oxygens (including phenoxy) is 1. The number of aryl methyl sites for hydroxylation is 2. The average molecular weight is 404 g/mol. The van der Waals surface area contributed by atoms with E-state index >= 15 is 0 Å². The number of alkyl halides is 3. The maximum Gasteiger partial charge on any atom is 0.416 e. The molecule has 0 saturated carbocycles. The topological polar surface area (TPSA) is 42.7 Å². The summed E-state index contributed by atoms with van der Waals surface area (Å²) in [5.74, 6) is 0.831. The van der Waals surface area contributed by atoms with Gasteiger partial charge in [-0.3, -0.25) is 0 Å². The van der Waals surface area contributed by atoms with Gasteiger partial charge in [-0.2, -0.15) is 13.2 Å². The van der Waals surface area contributed by atoms with E-state index in [0.29, 0.717) is 25.2 Å². The van der Waals surface area contributed by atoms with Crippen molar-refractivity contribution in [3.8, 4) is 0 Å². The summed E-state index contributed by atoms with van der Waals surface area (Å²) in [7, 11) is 0. The van der Waals surface area contributed by atoms with E-state index in [2.05, 4.69) is 9.88 Å². The van der Waals surface area contributed by atoms with Crippen LogP contribution in [0.5, 0.6) is 0 Å². The molecule has 4 rings (SSSR count). The van der Waals surface area contributed by atoms with Crippen LogP contribution < -0.4 is 4.90 Å². The third kappa shape index (κ3) is 3.69. The monoisotopic (exact) mass is 404 g/mol. The molecule has 1 aromatic carbocycles. The zero-order valence-electron chi connectivity index (χ0n) is 16.7. The van der Waals surface area contributed by atoms with Crippen molar-refractivity contribution in [3.05, 3.63) is 57.9 Å². The summed E-state index contributed by atoms with van der Waals surface area (Å²) < 4.78 is 47.1. The average Bonchev–Trinajstić information content (AvgIpc) is 2.99. The molecule has 3 aromatic rings. The Morgan fingerprint density at radius 1 is 1.10 bits per heavy atom. The highest BCUT2D eigenvalue weighted by Gasteiger charge is 2.33. The minimum atomic E-state index is -4.37. The van der Waals surface area contributed by atoms with Crippen LogP contribution in [0.1, 0.15) is 33.6 Å². The van der Waals surface area contributed by atoms with Gasteiger partial charge in [0.05, 0.1) is 30.2 Å². The number of benzene rings is 1. The Hall–Kier alpha value is -2.61. The third-order valence-electron chi connectivity index (χ3n) is 5.49. The van der Waals surface area contributed by atoms with Crippen molar-refractivity contribution in [1.82, 2.24) is 14.6 Å². The molecule has 1 aliphatic heterocycles. The van der Waals surface area contributed by atoms with Crippen molar-refractivity contribution in [2.24, 2.45) is 0 Å². The number of rotatable bonds is 3. The number of aromatic nitrogens is 3. The lowest BCUT2D eigenvalue weighted by Crippen LogP contribution is -2.37. The summed E-state index contributed by atoms with van der Waals surface area (Å²) in [6, 6.07) is 6.33. The van der Waals surface area contributed by atoms with Gasteiger partial charge in [-0.25, -0.2) is 9.50 Å².